The van der Waals surface area contributed by atoms with Crippen molar-refractivity contribution in [2.45, 2.75) is 19.4 Å². The van der Waals surface area contributed by atoms with E-state index in [4.69, 9.17) is 0 Å². The van der Waals surface area contributed by atoms with E-state index in [0.29, 0.717) is 5.56 Å². The van der Waals surface area contributed by atoms with Crippen LogP contribution in [-0.4, -0.2) is 36.5 Å². The van der Waals surface area contributed by atoms with Gasteiger partial charge in [0.05, 0.1) is 0 Å². The number of rotatable bonds is 1. The number of carbonyl (C=O) groups excluding carboxylic acids is 1. The Bertz CT molecular complexity index is 408. The lowest BCUT2D eigenvalue weighted by molar-refractivity contribution is 0.0706. The molecule has 1 aromatic rings. The normalized spacial score (nSPS) is 21.1. The molecule has 1 unspecified atom stereocenters. The minimum atomic E-state index is -0.364. The van der Waals surface area contributed by atoms with Gasteiger partial charge >= 0.3 is 0 Å². The topological polar surface area (TPSA) is 32.3 Å². The molecule has 0 radical (unpaired) electrons. The lowest BCUT2D eigenvalue weighted by Gasteiger charge is -2.26. The van der Waals surface area contributed by atoms with E-state index in [9.17, 15) is 9.18 Å². The maximum absolute atomic E-state index is 13.1. The van der Waals surface area contributed by atoms with Crippen LogP contribution >= 0.6 is 0 Å². The highest BCUT2D eigenvalue weighted by atomic mass is 19.1. The molecule has 0 aliphatic carbocycles. The number of amides is 1. The molecule has 17 heavy (non-hydrogen) atoms. The molecule has 1 aliphatic heterocycles. The molecule has 92 valence electrons. The summed E-state index contributed by atoms with van der Waals surface area (Å²) in [6.45, 7) is 4.46. The molecule has 1 saturated heterocycles. The van der Waals surface area contributed by atoms with Gasteiger partial charge < -0.3 is 10.2 Å². The Morgan fingerprint density at radius 2 is 2.35 bits per heavy atom. The van der Waals surface area contributed by atoms with Crippen molar-refractivity contribution in [1.29, 1.82) is 0 Å². The lowest BCUT2D eigenvalue weighted by atomic mass is 10.1. The average Bonchev–Trinajstić information content (AvgIpc) is 2.53. The molecule has 1 fully saturated rings. The molecule has 1 heterocycles. The fourth-order valence-corrected chi connectivity index (χ4v) is 2.10. The highest BCUT2D eigenvalue weighted by molar-refractivity contribution is 5.94. The van der Waals surface area contributed by atoms with E-state index in [1.807, 2.05) is 11.8 Å². The Labute approximate surface area is 101 Å². The van der Waals surface area contributed by atoms with Crippen LogP contribution in [0.5, 0.6) is 0 Å². The largest absolute Gasteiger partial charge is 0.335 e. The van der Waals surface area contributed by atoms with Gasteiger partial charge in [-0.1, -0.05) is 6.07 Å². The second-order valence-corrected chi connectivity index (χ2v) is 4.42. The Morgan fingerprint density at radius 3 is 3.12 bits per heavy atom. The average molecular weight is 236 g/mol. The van der Waals surface area contributed by atoms with Crippen LogP contribution < -0.4 is 5.32 Å². The SMILES string of the molecule is CC1CNCCCN1C(=O)c1cccc(F)c1. The minimum Gasteiger partial charge on any atom is -0.335 e. The van der Waals surface area contributed by atoms with Crippen molar-refractivity contribution in [1.82, 2.24) is 10.2 Å². The Balaban J connectivity index is 2.18. The number of nitrogens with zero attached hydrogens (tertiary/aromatic N) is 1. The number of halogens is 1. The second-order valence-electron chi connectivity index (χ2n) is 4.42. The number of benzene rings is 1. The first kappa shape index (κ1) is 12.0. The molecule has 2 rings (SSSR count). The molecule has 1 atom stereocenters. The van der Waals surface area contributed by atoms with E-state index >= 15 is 0 Å². The summed E-state index contributed by atoms with van der Waals surface area (Å²) < 4.78 is 13.1. The van der Waals surface area contributed by atoms with Crippen LogP contribution in [0.15, 0.2) is 24.3 Å². The number of carbonyl (C=O) groups is 1. The van der Waals surface area contributed by atoms with Gasteiger partial charge in [-0.05, 0) is 38.1 Å². The third kappa shape index (κ3) is 2.82. The van der Waals surface area contributed by atoms with Crippen molar-refractivity contribution in [3.63, 3.8) is 0 Å². The van der Waals surface area contributed by atoms with E-state index in [2.05, 4.69) is 5.32 Å². The van der Waals surface area contributed by atoms with Crippen LogP contribution in [0.2, 0.25) is 0 Å². The number of nitrogens with one attached hydrogen (secondary N) is 1. The number of hydrogen-bond donors (Lipinski definition) is 1. The van der Waals surface area contributed by atoms with Crippen molar-refractivity contribution in [3.8, 4) is 0 Å². The van der Waals surface area contributed by atoms with Crippen molar-refractivity contribution in [2.24, 2.45) is 0 Å². The van der Waals surface area contributed by atoms with Gasteiger partial charge in [0.2, 0.25) is 0 Å². The van der Waals surface area contributed by atoms with Crippen LogP contribution in [0.1, 0.15) is 23.7 Å². The zero-order valence-corrected chi connectivity index (χ0v) is 9.95. The molecular formula is C13H17FN2O. The molecule has 1 amide bonds. The van der Waals surface area contributed by atoms with Gasteiger partial charge in [-0.15, -0.1) is 0 Å². The fraction of sp³-hybridized carbons (Fsp3) is 0.462. The first-order valence-electron chi connectivity index (χ1n) is 5.96. The zero-order chi connectivity index (χ0) is 12.3. The minimum absolute atomic E-state index is 0.0827. The molecule has 0 bridgehead atoms. The van der Waals surface area contributed by atoms with Crippen LogP contribution in [0.25, 0.3) is 0 Å². The highest BCUT2D eigenvalue weighted by Crippen LogP contribution is 2.12. The summed E-state index contributed by atoms with van der Waals surface area (Å²) >= 11 is 0. The van der Waals surface area contributed by atoms with Crippen LogP contribution in [-0.2, 0) is 0 Å². The Hall–Kier alpha value is -1.42. The summed E-state index contributed by atoms with van der Waals surface area (Å²) in [6, 6.07) is 6.03. The summed E-state index contributed by atoms with van der Waals surface area (Å²) in [7, 11) is 0. The Morgan fingerprint density at radius 1 is 1.53 bits per heavy atom. The monoisotopic (exact) mass is 236 g/mol. The maximum Gasteiger partial charge on any atom is 0.254 e. The molecule has 1 aromatic carbocycles. The Kier molecular flexibility index (Phi) is 3.74. The van der Waals surface area contributed by atoms with E-state index in [1.165, 1.54) is 12.1 Å². The first-order chi connectivity index (χ1) is 8.18. The quantitative estimate of drug-likeness (QED) is 0.804. The summed E-state index contributed by atoms with van der Waals surface area (Å²) in [5.74, 6) is -0.447. The third-order valence-electron chi connectivity index (χ3n) is 3.06. The van der Waals surface area contributed by atoms with E-state index in [0.717, 1.165) is 26.1 Å². The van der Waals surface area contributed by atoms with Gasteiger partial charge in [0.25, 0.3) is 5.91 Å². The lowest BCUT2D eigenvalue weighted by Crippen LogP contribution is -2.41. The van der Waals surface area contributed by atoms with Gasteiger partial charge in [-0.3, -0.25) is 4.79 Å². The van der Waals surface area contributed by atoms with Gasteiger partial charge in [-0.2, -0.15) is 0 Å². The molecule has 0 spiro atoms. The van der Waals surface area contributed by atoms with Crippen molar-refractivity contribution in [3.05, 3.63) is 35.6 Å². The second kappa shape index (κ2) is 5.27. The summed E-state index contributed by atoms with van der Waals surface area (Å²) in [5.41, 5.74) is 0.429. The summed E-state index contributed by atoms with van der Waals surface area (Å²) in [6.07, 6.45) is 0.936. The molecule has 0 aromatic heterocycles. The van der Waals surface area contributed by atoms with Gasteiger partial charge in [0.1, 0.15) is 5.82 Å². The third-order valence-corrected chi connectivity index (χ3v) is 3.06. The molecule has 1 N–H and O–H groups in total. The van der Waals surface area contributed by atoms with Crippen molar-refractivity contribution >= 4 is 5.91 Å². The van der Waals surface area contributed by atoms with Crippen molar-refractivity contribution < 1.29 is 9.18 Å². The zero-order valence-electron chi connectivity index (χ0n) is 9.95. The van der Waals surface area contributed by atoms with Crippen LogP contribution in [0, 0.1) is 5.82 Å². The maximum atomic E-state index is 13.1. The molecule has 0 saturated carbocycles. The van der Waals surface area contributed by atoms with E-state index in [-0.39, 0.29) is 17.8 Å². The van der Waals surface area contributed by atoms with Gasteiger partial charge in [-0.25, -0.2) is 4.39 Å². The molecular weight excluding hydrogens is 219 g/mol. The smallest absolute Gasteiger partial charge is 0.254 e. The van der Waals surface area contributed by atoms with E-state index < -0.39 is 0 Å². The number of hydrogen-bond acceptors (Lipinski definition) is 2. The highest BCUT2D eigenvalue weighted by Gasteiger charge is 2.22. The van der Waals surface area contributed by atoms with Gasteiger partial charge in [0.15, 0.2) is 0 Å². The predicted molar refractivity (Wildman–Crippen MR) is 64.4 cm³/mol. The molecule has 4 heteroatoms. The van der Waals surface area contributed by atoms with E-state index in [1.54, 1.807) is 12.1 Å². The van der Waals surface area contributed by atoms with Crippen molar-refractivity contribution in [2.75, 3.05) is 19.6 Å². The van der Waals surface area contributed by atoms with Crippen LogP contribution in [0.4, 0.5) is 4.39 Å². The van der Waals surface area contributed by atoms with Gasteiger partial charge in [0, 0.05) is 24.7 Å². The summed E-state index contributed by atoms with van der Waals surface area (Å²) in [5, 5.41) is 3.28. The standard InChI is InChI=1S/C13H17FN2O/c1-10-9-15-6-3-7-16(10)13(17)11-4-2-5-12(14)8-11/h2,4-5,8,10,15H,3,6-7,9H2,1H3. The molecule has 1 aliphatic rings. The fourth-order valence-electron chi connectivity index (χ4n) is 2.10. The predicted octanol–water partition coefficient (Wildman–Crippen LogP) is 1.65. The summed E-state index contributed by atoms with van der Waals surface area (Å²) in [4.78, 5) is 14.1. The molecule has 3 nitrogen and oxygen atoms in total. The van der Waals surface area contributed by atoms with Crippen LogP contribution in [0.3, 0.4) is 0 Å². The first-order valence-corrected chi connectivity index (χ1v) is 5.96.